The highest BCUT2D eigenvalue weighted by atomic mass is 35.5. The zero-order valence-corrected chi connectivity index (χ0v) is 6.60. The Kier molecular flexibility index (Phi) is 10.2. The minimum absolute atomic E-state index is 0. The molecule has 0 rings (SSSR count). The van der Waals surface area contributed by atoms with Crippen molar-refractivity contribution in [1.82, 2.24) is 0 Å². The molecule has 0 fully saturated rings. The Labute approximate surface area is 55.1 Å². The van der Waals surface area contributed by atoms with Gasteiger partial charge in [-0.1, -0.05) is 34.8 Å². The molecule has 0 aromatic heterocycles. The molecule has 0 nitrogen and oxygen atoms in total. The zero-order valence-electron chi connectivity index (χ0n) is 2.92. The summed E-state index contributed by atoms with van der Waals surface area (Å²) in [6.07, 6.45) is 0. The lowest BCUT2D eigenvalue weighted by Crippen LogP contribution is -1.33. The zero-order chi connectivity index (χ0) is 4.28. The molecule has 0 aliphatic carbocycles. The highest BCUT2D eigenvalue weighted by molar-refractivity contribution is 6.92. The minimum atomic E-state index is 0. The van der Waals surface area contributed by atoms with E-state index in [2.05, 4.69) is 0 Å². The summed E-state index contributed by atoms with van der Waals surface area (Å²) < 4.78 is 0.0895. The first-order valence-corrected chi connectivity index (χ1v) is 2.08. The van der Waals surface area contributed by atoms with Crippen LogP contribution in [0.5, 0.6) is 0 Å². The van der Waals surface area contributed by atoms with E-state index in [4.69, 9.17) is 34.8 Å². The maximum absolute atomic E-state index is 4.96. The van der Waals surface area contributed by atoms with Crippen molar-refractivity contribution in [3.63, 3.8) is 0 Å². The SMILES string of the molecule is ClC=C(Cl)Cl.P. The fraction of sp³-hybridized carbons (Fsp3) is 0. The molecule has 0 radical (unpaired) electrons. The fourth-order valence-corrected chi connectivity index (χ4v) is 0. The summed E-state index contributed by atoms with van der Waals surface area (Å²) in [5.74, 6) is 0. The predicted molar refractivity (Wildman–Crippen MR) is 36.7 cm³/mol. The molecule has 38 valence electrons. The molecular weight excluding hydrogens is 161 g/mol. The van der Waals surface area contributed by atoms with Gasteiger partial charge < -0.3 is 0 Å². The first-order valence-electron chi connectivity index (χ1n) is 0.885. The van der Waals surface area contributed by atoms with E-state index in [-0.39, 0.29) is 14.4 Å². The van der Waals surface area contributed by atoms with Crippen LogP contribution in [0.3, 0.4) is 0 Å². The van der Waals surface area contributed by atoms with E-state index in [1.807, 2.05) is 0 Å². The normalized spacial score (nSPS) is 5.83. The summed E-state index contributed by atoms with van der Waals surface area (Å²) in [6.45, 7) is 0. The first kappa shape index (κ1) is 10.1. The highest BCUT2D eigenvalue weighted by Gasteiger charge is 1.70. The monoisotopic (exact) mass is 164 g/mol. The molecule has 0 aromatic carbocycles. The van der Waals surface area contributed by atoms with Gasteiger partial charge in [-0.15, -0.1) is 0 Å². The van der Waals surface area contributed by atoms with Crippen molar-refractivity contribution in [2.45, 2.75) is 0 Å². The van der Waals surface area contributed by atoms with Gasteiger partial charge in [-0.25, -0.2) is 0 Å². The van der Waals surface area contributed by atoms with Crippen molar-refractivity contribution < 1.29 is 0 Å². The third-order valence-corrected chi connectivity index (χ3v) is 0.742. The molecule has 0 aliphatic rings. The molecule has 0 amide bonds. The van der Waals surface area contributed by atoms with Crippen LogP contribution >= 0.6 is 44.7 Å². The van der Waals surface area contributed by atoms with Crippen LogP contribution in [-0.2, 0) is 0 Å². The Hall–Kier alpha value is 1.04. The molecule has 1 unspecified atom stereocenters. The van der Waals surface area contributed by atoms with Gasteiger partial charge in [0.15, 0.2) is 0 Å². The standard InChI is InChI=1S/C2HCl3.H3P/c3-1-2(4)5;/h1H;1H3. The molecule has 0 aromatic rings. The van der Waals surface area contributed by atoms with E-state index < -0.39 is 0 Å². The molecule has 0 saturated heterocycles. The topological polar surface area (TPSA) is 0 Å². The summed E-state index contributed by atoms with van der Waals surface area (Å²) in [6, 6.07) is 0. The fourth-order valence-electron chi connectivity index (χ4n) is 0. The first-order chi connectivity index (χ1) is 2.27. The maximum atomic E-state index is 4.96. The maximum Gasteiger partial charge on any atom is 0.118 e. The van der Waals surface area contributed by atoms with E-state index >= 15 is 0 Å². The lowest BCUT2D eigenvalue weighted by Gasteiger charge is -1.64. The lowest BCUT2D eigenvalue weighted by atomic mass is 11.2. The smallest absolute Gasteiger partial charge is 0.118 e. The van der Waals surface area contributed by atoms with E-state index in [9.17, 15) is 0 Å². The van der Waals surface area contributed by atoms with Crippen LogP contribution in [0.4, 0.5) is 0 Å². The predicted octanol–water partition coefficient (Wildman–Crippen LogP) is 2.56. The lowest BCUT2D eigenvalue weighted by molar-refractivity contribution is 2.36. The Morgan fingerprint density at radius 1 is 1.33 bits per heavy atom. The molecule has 0 N–H and O–H groups in total. The quantitative estimate of drug-likeness (QED) is 0.484. The van der Waals surface area contributed by atoms with Gasteiger partial charge >= 0.3 is 0 Å². The van der Waals surface area contributed by atoms with E-state index in [1.165, 1.54) is 0 Å². The third-order valence-electron chi connectivity index (χ3n) is 0.0825. The number of hydrogen-bond donors (Lipinski definition) is 0. The average molecular weight is 165 g/mol. The second-order valence-electron chi connectivity index (χ2n) is 0.399. The Bertz CT molecular complexity index is 46.8. The van der Waals surface area contributed by atoms with Crippen molar-refractivity contribution in [1.29, 1.82) is 0 Å². The summed E-state index contributed by atoms with van der Waals surface area (Å²) >= 11 is 14.8. The van der Waals surface area contributed by atoms with Crippen molar-refractivity contribution in [3.8, 4) is 0 Å². The number of halogens is 3. The Morgan fingerprint density at radius 3 is 1.50 bits per heavy atom. The van der Waals surface area contributed by atoms with Gasteiger partial charge in [0.05, 0.1) is 0 Å². The second-order valence-corrected chi connectivity index (χ2v) is 1.62. The van der Waals surface area contributed by atoms with Crippen molar-refractivity contribution in [2.75, 3.05) is 0 Å². The van der Waals surface area contributed by atoms with Crippen molar-refractivity contribution in [2.24, 2.45) is 0 Å². The summed E-state index contributed by atoms with van der Waals surface area (Å²) in [5, 5.41) is 0. The molecule has 1 atom stereocenters. The van der Waals surface area contributed by atoms with Gasteiger partial charge in [0.2, 0.25) is 0 Å². The van der Waals surface area contributed by atoms with E-state index in [0.29, 0.717) is 0 Å². The molecular formula is C2H4Cl3P. The second kappa shape index (κ2) is 6.04. The highest BCUT2D eigenvalue weighted by Crippen LogP contribution is 2.05. The molecule has 6 heavy (non-hydrogen) atoms. The van der Waals surface area contributed by atoms with Gasteiger partial charge in [0.1, 0.15) is 4.49 Å². The minimum Gasteiger partial charge on any atom is -0.153 e. The summed E-state index contributed by atoms with van der Waals surface area (Å²) in [5.41, 5.74) is 1.09. The molecule has 0 heterocycles. The van der Waals surface area contributed by atoms with Crippen molar-refractivity contribution in [3.05, 3.63) is 10.0 Å². The molecule has 0 aliphatic heterocycles. The summed E-state index contributed by atoms with van der Waals surface area (Å²) in [4.78, 5) is 0. The van der Waals surface area contributed by atoms with E-state index in [1.54, 1.807) is 0 Å². The van der Waals surface area contributed by atoms with Gasteiger partial charge in [0, 0.05) is 5.54 Å². The summed E-state index contributed by atoms with van der Waals surface area (Å²) in [7, 11) is 0. The van der Waals surface area contributed by atoms with Crippen LogP contribution in [0, 0.1) is 0 Å². The average Bonchev–Trinajstić information content (AvgIpc) is 1.38. The van der Waals surface area contributed by atoms with Gasteiger partial charge in [0.25, 0.3) is 0 Å². The largest absolute Gasteiger partial charge is 0.153 e. The van der Waals surface area contributed by atoms with Crippen LogP contribution < -0.4 is 0 Å². The van der Waals surface area contributed by atoms with Crippen LogP contribution in [0.15, 0.2) is 10.0 Å². The van der Waals surface area contributed by atoms with Crippen LogP contribution in [0.1, 0.15) is 0 Å². The number of hydrogen-bond acceptors (Lipinski definition) is 0. The van der Waals surface area contributed by atoms with Gasteiger partial charge in [-0.3, -0.25) is 0 Å². The number of rotatable bonds is 0. The van der Waals surface area contributed by atoms with Gasteiger partial charge in [-0.2, -0.15) is 9.90 Å². The molecule has 0 bridgehead atoms. The Balaban J connectivity index is 0. The molecule has 0 spiro atoms. The van der Waals surface area contributed by atoms with Crippen LogP contribution in [0.2, 0.25) is 0 Å². The van der Waals surface area contributed by atoms with Crippen molar-refractivity contribution >= 4 is 44.7 Å². The third kappa shape index (κ3) is 8.90. The Morgan fingerprint density at radius 2 is 1.50 bits per heavy atom. The molecule has 0 saturated carbocycles. The van der Waals surface area contributed by atoms with Crippen LogP contribution in [0.25, 0.3) is 0 Å². The van der Waals surface area contributed by atoms with E-state index in [0.717, 1.165) is 5.54 Å². The molecule has 4 heteroatoms. The van der Waals surface area contributed by atoms with Gasteiger partial charge in [-0.05, 0) is 0 Å². The van der Waals surface area contributed by atoms with Crippen LogP contribution in [-0.4, -0.2) is 0 Å².